The van der Waals surface area contributed by atoms with Crippen LogP contribution < -0.4 is 4.74 Å². The zero-order valence-electron chi connectivity index (χ0n) is 16.1. The first-order valence-corrected chi connectivity index (χ1v) is 9.71. The van der Waals surface area contributed by atoms with E-state index in [1.807, 2.05) is 24.3 Å². The van der Waals surface area contributed by atoms with Gasteiger partial charge in [0.05, 0.1) is 16.8 Å². The predicted octanol–water partition coefficient (Wildman–Crippen LogP) is 4.73. The predicted molar refractivity (Wildman–Crippen MR) is 111 cm³/mol. The topological polar surface area (TPSA) is 88.9 Å². The normalized spacial score (nSPS) is 18.0. The Hall–Kier alpha value is -4.32. The van der Waals surface area contributed by atoms with Crippen LogP contribution in [0.25, 0.3) is 11.3 Å². The third-order valence-corrected chi connectivity index (χ3v) is 5.72. The number of phenolic OH excluding ortho intramolecular Hbond substituents is 2. The summed E-state index contributed by atoms with van der Waals surface area (Å²) >= 11 is 0. The summed E-state index contributed by atoms with van der Waals surface area (Å²) in [5, 5.41) is 20.5. The minimum atomic E-state index is -1.31. The molecule has 6 nitrogen and oxygen atoms in total. The number of pyridine rings is 1. The number of hydrogen-bond acceptors (Lipinski definition) is 6. The second kappa shape index (κ2) is 6.09. The SMILES string of the molecule is O=C1OC2(c3ccc(O)cc3Oc3cc(O)cc(-c4ccccn4)c32)c2ccccc21. The molecule has 4 aromatic rings. The molecule has 1 aromatic heterocycles. The molecule has 0 aliphatic carbocycles. The number of aromatic hydroxyl groups is 2. The van der Waals surface area contributed by atoms with Crippen LogP contribution in [0, 0.1) is 0 Å². The fourth-order valence-corrected chi connectivity index (χ4v) is 4.51. The summed E-state index contributed by atoms with van der Waals surface area (Å²) in [7, 11) is 0. The number of carbonyl (C=O) groups is 1. The quantitative estimate of drug-likeness (QED) is 0.442. The van der Waals surface area contributed by atoms with E-state index in [4.69, 9.17) is 9.47 Å². The Bertz CT molecular complexity index is 1380. The minimum Gasteiger partial charge on any atom is -0.508 e. The molecule has 0 saturated carbocycles. The highest BCUT2D eigenvalue weighted by Gasteiger charge is 2.54. The van der Waals surface area contributed by atoms with Crippen molar-refractivity contribution in [3.05, 3.63) is 101 Å². The van der Waals surface area contributed by atoms with Crippen molar-refractivity contribution in [2.45, 2.75) is 5.60 Å². The molecule has 31 heavy (non-hydrogen) atoms. The van der Waals surface area contributed by atoms with Crippen LogP contribution in [0.1, 0.15) is 27.0 Å². The minimum absolute atomic E-state index is 0.0139. The molecule has 0 bridgehead atoms. The number of rotatable bonds is 1. The lowest BCUT2D eigenvalue weighted by atomic mass is 9.75. The molecule has 6 rings (SSSR count). The molecule has 3 heterocycles. The van der Waals surface area contributed by atoms with Crippen molar-refractivity contribution in [2.75, 3.05) is 0 Å². The Balaban J connectivity index is 1.78. The number of aromatic nitrogens is 1. The molecule has 0 amide bonds. The summed E-state index contributed by atoms with van der Waals surface area (Å²) in [6, 6.07) is 20.4. The van der Waals surface area contributed by atoms with Gasteiger partial charge in [0.2, 0.25) is 0 Å². The summed E-state index contributed by atoms with van der Waals surface area (Å²) < 4.78 is 12.2. The van der Waals surface area contributed by atoms with Crippen LogP contribution in [0.3, 0.4) is 0 Å². The lowest BCUT2D eigenvalue weighted by molar-refractivity contribution is 0.0226. The summed E-state index contributed by atoms with van der Waals surface area (Å²) in [4.78, 5) is 17.4. The Morgan fingerprint density at radius 1 is 0.774 bits per heavy atom. The zero-order valence-corrected chi connectivity index (χ0v) is 16.1. The van der Waals surface area contributed by atoms with Gasteiger partial charge in [-0.3, -0.25) is 4.98 Å². The summed E-state index contributed by atoms with van der Waals surface area (Å²) in [6.07, 6.45) is 1.66. The van der Waals surface area contributed by atoms with Crippen molar-refractivity contribution in [3.8, 4) is 34.3 Å². The lowest BCUT2D eigenvalue weighted by Crippen LogP contribution is -2.33. The number of esters is 1. The third-order valence-electron chi connectivity index (χ3n) is 5.72. The molecule has 2 N–H and O–H groups in total. The molecule has 2 aliphatic rings. The van der Waals surface area contributed by atoms with Crippen LogP contribution in [0.2, 0.25) is 0 Å². The molecule has 150 valence electrons. The molecule has 1 spiro atoms. The van der Waals surface area contributed by atoms with Crippen LogP contribution in [0.15, 0.2) is 79.0 Å². The molecule has 0 radical (unpaired) electrons. The molecule has 0 fully saturated rings. The van der Waals surface area contributed by atoms with Crippen molar-refractivity contribution in [2.24, 2.45) is 0 Å². The Morgan fingerprint density at radius 3 is 2.42 bits per heavy atom. The lowest BCUT2D eigenvalue weighted by Gasteiger charge is -2.37. The maximum absolute atomic E-state index is 13.0. The molecule has 2 aliphatic heterocycles. The monoisotopic (exact) mass is 409 g/mol. The van der Waals surface area contributed by atoms with E-state index < -0.39 is 11.6 Å². The third kappa shape index (κ3) is 2.33. The molecule has 6 heteroatoms. The van der Waals surface area contributed by atoms with E-state index in [0.717, 1.165) is 0 Å². The van der Waals surface area contributed by atoms with Crippen LogP contribution in [-0.2, 0) is 10.3 Å². The first kappa shape index (κ1) is 17.5. The molecule has 0 saturated heterocycles. The van der Waals surface area contributed by atoms with Gasteiger partial charge in [-0.05, 0) is 36.4 Å². The largest absolute Gasteiger partial charge is 0.508 e. The Kier molecular flexibility index (Phi) is 3.44. The van der Waals surface area contributed by atoms with Crippen LogP contribution in [0.5, 0.6) is 23.0 Å². The zero-order chi connectivity index (χ0) is 21.2. The molecular formula is C25H15NO5. The number of nitrogens with zero attached hydrogens (tertiary/aromatic N) is 1. The van der Waals surface area contributed by atoms with Gasteiger partial charge < -0.3 is 19.7 Å². The van der Waals surface area contributed by atoms with Crippen molar-refractivity contribution in [1.29, 1.82) is 0 Å². The maximum atomic E-state index is 13.0. The first-order valence-electron chi connectivity index (χ1n) is 9.71. The van der Waals surface area contributed by atoms with Gasteiger partial charge in [0.1, 0.15) is 23.0 Å². The van der Waals surface area contributed by atoms with Crippen molar-refractivity contribution in [1.82, 2.24) is 4.98 Å². The number of ether oxygens (including phenoxy) is 2. The average Bonchev–Trinajstić information content (AvgIpc) is 3.06. The average molecular weight is 409 g/mol. The number of fused-ring (bicyclic) bond motifs is 6. The van der Waals surface area contributed by atoms with Gasteiger partial charge in [-0.15, -0.1) is 0 Å². The van der Waals surface area contributed by atoms with E-state index in [2.05, 4.69) is 4.98 Å². The smallest absolute Gasteiger partial charge is 0.340 e. The fraction of sp³-hybridized carbons (Fsp3) is 0.0400. The van der Waals surface area contributed by atoms with Gasteiger partial charge in [0.25, 0.3) is 0 Å². The Morgan fingerprint density at radius 2 is 1.58 bits per heavy atom. The van der Waals surface area contributed by atoms with Crippen molar-refractivity contribution in [3.63, 3.8) is 0 Å². The highest BCUT2D eigenvalue weighted by Crippen LogP contribution is 2.59. The van der Waals surface area contributed by atoms with E-state index in [9.17, 15) is 15.0 Å². The highest BCUT2D eigenvalue weighted by molar-refractivity contribution is 5.97. The molecular weight excluding hydrogens is 394 g/mol. The van der Waals surface area contributed by atoms with Gasteiger partial charge in [-0.1, -0.05) is 24.3 Å². The maximum Gasteiger partial charge on any atom is 0.340 e. The number of benzene rings is 3. The van der Waals surface area contributed by atoms with E-state index in [0.29, 0.717) is 45.0 Å². The molecule has 3 aromatic carbocycles. The standard InChI is InChI=1S/C25H15NO5/c27-14-8-9-19-21(12-14)30-22-13-15(28)11-17(20-7-3-4-10-26-20)23(22)25(19)18-6-2-1-5-16(18)24(29)31-25/h1-13,27-28H. The fourth-order valence-electron chi connectivity index (χ4n) is 4.51. The van der Waals surface area contributed by atoms with Gasteiger partial charge in [0, 0.05) is 35.0 Å². The highest BCUT2D eigenvalue weighted by atomic mass is 16.6. The van der Waals surface area contributed by atoms with Crippen LogP contribution in [0.4, 0.5) is 0 Å². The van der Waals surface area contributed by atoms with Gasteiger partial charge in [0.15, 0.2) is 5.60 Å². The van der Waals surface area contributed by atoms with Crippen LogP contribution in [-0.4, -0.2) is 21.2 Å². The second-order valence-electron chi connectivity index (χ2n) is 7.48. The molecule has 1 unspecified atom stereocenters. The molecule has 1 atom stereocenters. The summed E-state index contributed by atoms with van der Waals surface area (Å²) in [5.74, 6) is 0.205. The number of hydrogen-bond donors (Lipinski definition) is 2. The van der Waals surface area contributed by atoms with Gasteiger partial charge in [-0.25, -0.2) is 4.79 Å². The van der Waals surface area contributed by atoms with E-state index in [1.54, 1.807) is 36.5 Å². The van der Waals surface area contributed by atoms with E-state index in [1.165, 1.54) is 18.2 Å². The number of carbonyl (C=O) groups excluding carboxylic acids is 1. The Labute approximate surface area is 177 Å². The van der Waals surface area contributed by atoms with E-state index >= 15 is 0 Å². The van der Waals surface area contributed by atoms with Crippen molar-refractivity contribution >= 4 is 5.97 Å². The van der Waals surface area contributed by atoms with Crippen LogP contribution >= 0.6 is 0 Å². The van der Waals surface area contributed by atoms with Gasteiger partial charge in [-0.2, -0.15) is 0 Å². The summed E-state index contributed by atoms with van der Waals surface area (Å²) in [5.41, 5.74) is 2.14. The van der Waals surface area contributed by atoms with E-state index in [-0.39, 0.29) is 11.5 Å². The number of phenols is 2. The first-order chi connectivity index (χ1) is 15.1. The summed E-state index contributed by atoms with van der Waals surface area (Å²) in [6.45, 7) is 0. The van der Waals surface area contributed by atoms with Gasteiger partial charge >= 0.3 is 5.97 Å². The van der Waals surface area contributed by atoms with Crippen molar-refractivity contribution < 1.29 is 24.5 Å². The second-order valence-corrected chi connectivity index (χ2v) is 7.48.